The van der Waals surface area contributed by atoms with E-state index >= 15 is 0 Å². The first-order valence-electron chi connectivity index (χ1n) is 6.72. The minimum Gasteiger partial charge on any atom is -0.507 e. The summed E-state index contributed by atoms with van der Waals surface area (Å²) in [5.41, 5.74) is -0.293. The maximum atomic E-state index is 12.5. The van der Waals surface area contributed by atoms with Gasteiger partial charge in [-0.05, 0) is 24.3 Å². The summed E-state index contributed by atoms with van der Waals surface area (Å²) in [5.74, 6) is 0.762. The van der Waals surface area contributed by atoms with Gasteiger partial charge in [0.15, 0.2) is 11.6 Å². The lowest BCUT2D eigenvalue weighted by Crippen LogP contribution is -2.05. The van der Waals surface area contributed by atoms with Crippen molar-refractivity contribution in [2.24, 2.45) is 0 Å². The monoisotopic (exact) mass is 336 g/mol. The van der Waals surface area contributed by atoms with E-state index in [9.17, 15) is 18.3 Å². The highest BCUT2D eigenvalue weighted by Gasteiger charge is 2.30. The highest BCUT2D eigenvalue weighted by Crippen LogP contribution is 2.32. The normalized spacial score (nSPS) is 11.5. The van der Waals surface area contributed by atoms with E-state index in [0.717, 1.165) is 12.3 Å². The molecule has 0 saturated carbocycles. The minimum atomic E-state index is -4.45. The molecule has 1 aromatic carbocycles. The Labute approximate surface area is 134 Å². The molecular formula is C15H11F3N4O2. The van der Waals surface area contributed by atoms with Crippen molar-refractivity contribution < 1.29 is 23.0 Å². The van der Waals surface area contributed by atoms with E-state index in [1.807, 2.05) is 0 Å². The van der Waals surface area contributed by atoms with Crippen molar-refractivity contribution in [3.63, 3.8) is 0 Å². The molecule has 2 aromatic heterocycles. The van der Waals surface area contributed by atoms with Gasteiger partial charge in [0.25, 0.3) is 0 Å². The van der Waals surface area contributed by atoms with Gasteiger partial charge < -0.3 is 9.84 Å². The van der Waals surface area contributed by atoms with Crippen molar-refractivity contribution in [3.05, 3.63) is 42.1 Å². The first-order valence-corrected chi connectivity index (χ1v) is 6.72. The average Bonchev–Trinajstić information content (AvgIpc) is 3.03. The van der Waals surface area contributed by atoms with Crippen molar-refractivity contribution in [2.45, 2.75) is 6.18 Å². The molecule has 0 fully saturated rings. The molecule has 0 aliphatic carbocycles. The summed E-state index contributed by atoms with van der Waals surface area (Å²) in [7, 11) is 1.47. The Morgan fingerprint density at radius 2 is 1.96 bits per heavy atom. The number of hydrogen-bond donors (Lipinski definition) is 2. The SMILES string of the molecule is COc1ccc(-c2n[nH]c(-c3ccc(C(F)(F)F)cn3)n2)c(O)c1. The van der Waals surface area contributed by atoms with Crippen LogP contribution in [0.2, 0.25) is 0 Å². The molecule has 0 spiro atoms. The van der Waals surface area contributed by atoms with Crippen LogP contribution in [0.1, 0.15) is 5.56 Å². The number of phenols is 1. The summed E-state index contributed by atoms with van der Waals surface area (Å²) in [5, 5.41) is 16.5. The van der Waals surface area contributed by atoms with E-state index in [1.54, 1.807) is 12.1 Å². The smallest absolute Gasteiger partial charge is 0.417 e. The first kappa shape index (κ1) is 15.8. The van der Waals surface area contributed by atoms with Crippen LogP contribution in [0.25, 0.3) is 22.9 Å². The molecule has 9 heteroatoms. The van der Waals surface area contributed by atoms with E-state index in [1.165, 1.54) is 19.2 Å². The number of rotatable bonds is 3. The number of methoxy groups -OCH3 is 1. The molecule has 0 radical (unpaired) electrons. The number of aromatic hydroxyl groups is 1. The third-order valence-electron chi connectivity index (χ3n) is 3.26. The van der Waals surface area contributed by atoms with Crippen LogP contribution >= 0.6 is 0 Å². The van der Waals surface area contributed by atoms with Crippen LogP contribution in [0.15, 0.2) is 36.5 Å². The molecule has 124 valence electrons. The van der Waals surface area contributed by atoms with E-state index in [4.69, 9.17) is 4.74 Å². The molecule has 0 saturated heterocycles. The van der Waals surface area contributed by atoms with Gasteiger partial charge in [-0.25, -0.2) is 4.98 Å². The van der Waals surface area contributed by atoms with Gasteiger partial charge in [0.1, 0.15) is 17.2 Å². The Hall–Kier alpha value is -3.10. The number of aromatic nitrogens is 4. The maximum absolute atomic E-state index is 12.5. The third kappa shape index (κ3) is 3.00. The number of phenolic OH excluding ortho intramolecular Hbond substituents is 1. The number of halogens is 3. The van der Waals surface area contributed by atoms with Gasteiger partial charge in [-0.15, -0.1) is 0 Å². The number of benzene rings is 1. The fourth-order valence-electron chi connectivity index (χ4n) is 2.03. The Morgan fingerprint density at radius 3 is 2.54 bits per heavy atom. The topological polar surface area (TPSA) is 83.9 Å². The molecule has 24 heavy (non-hydrogen) atoms. The molecule has 6 nitrogen and oxygen atoms in total. The lowest BCUT2D eigenvalue weighted by atomic mass is 10.2. The van der Waals surface area contributed by atoms with Crippen LogP contribution in [0.3, 0.4) is 0 Å². The zero-order chi connectivity index (χ0) is 17.3. The molecule has 3 aromatic rings. The summed E-state index contributed by atoms with van der Waals surface area (Å²) in [6, 6.07) is 6.71. The van der Waals surface area contributed by atoms with Crippen molar-refractivity contribution in [3.8, 4) is 34.4 Å². The summed E-state index contributed by atoms with van der Waals surface area (Å²) in [4.78, 5) is 7.88. The van der Waals surface area contributed by atoms with Gasteiger partial charge in [0.05, 0.1) is 18.2 Å². The van der Waals surface area contributed by atoms with Crippen molar-refractivity contribution in [2.75, 3.05) is 7.11 Å². The number of aromatic amines is 1. The van der Waals surface area contributed by atoms with Gasteiger partial charge >= 0.3 is 6.18 Å². The molecular weight excluding hydrogens is 325 g/mol. The summed E-state index contributed by atoms with van der Waals surface area (Å²) < 4.78 is 42.6. The second-order valence-electron chi connectivity index (χ2n) is 4.82. The van der Waals surface area contributed by atoms with Crippen LogP contribution < -0.4 is 4.74 Å². The second-order valence-corrected chi connectivity index (χ2v) is 4.82. The molecule has 0 unspecified atom stereocenters. The van der Waals surface area contributed by atoms with Crippen LogP contribution in [0.5, 0.6) is 11.5 Å². The van der Waals surface area contributed by atoms with Gasteiger partial charge in [-0.3, -0.25) is 10.1 Å². The first-order chi connectivity index (χ1) is 11.4. The molecule has 0 aliphatic rings. The Kier molecular flexibility index (Phi) is 3.84. The summed E-state index contributed by atoms with van der Waals surface area (Å²) >= 11 is 0. The number of ether oxygens (including phenoxy) is 1. The van der Waals surface area contributed by atoms with E-state index in [0.29, 0.717) is 11.3 Å². The Balaban J connectivity index is 1.91. The van der Waals surface area contributed by atoms with E-state index in [-0.39, 0.29) is 23.1 Å². The largest absolute Gasteiger partial charge is 0.507 e. The number of nitrogens with one attached hydrogen (secondary N) is 1. The van der Waals surface area contributed by atoms with E-state index < -0.39 is 11.7 Å². The van der Waals surface area contributed by atoms with Crippen LogP contribution in [-0.2, 0) is 6.18 Å². The Bertz CT molecular complexity index is 860. The fourth-order valence-corrected chi connectivity index (χ4v) is 2.03. The lowest BCUT2D eigenvalue weighted by Gasteiger charge is -2.05. The molecule has 0 bridgehead atoms. The van der Waals surface area contributed by atoms with E-state index in [2.05, 4.69) is 20.2 Å². The van der Waals surface area contributed by atoms with Crippen LogP contribution in [-0.4, -0.2) is 32.4 Å². The highest BCUT2D eigenvalue weighted by molar-refractivity contribution is 5.66. The highest BCUT2D eigenvalue weighted by atomic mass is 19.4. The second kappa shape index (κ2) is 5.84. The number of alkyl halides is 3. The summed E-state index contributed by atoms with van der Waals surface area (Å²) in [6.07, 6.45) is -3.73. The third-order valence-corrected chi connectivity index (χ3v) is 3.26. The zero-order valence-corrected chi connectivity index (χ0v) is 12.3. The predicted molar refractivity (Wildman–Crippen MR) is 78.3 cm³/mol. The number of nitrogens with zero attached hydrogens (tertiary/aromatic N) is 3. The number of pyridine rings is 1. The van der Waals surface area contributed by atoms with Crippen molar-refractivity contribution in [1.82, 2.24) is 20.2 Å². The van der Waals surface area contributed by atoms with Gasteiger partial charge in [0, 0.05) is 12.3 Å². The van der Waals surface area contributed by atoms with Crippen molar-refractivity contribution >= 4 is 0 Å². The lowest BCUT2D eigenvalue weighted by molar-refractivity contribution is -0.137. The minimum absolute atomic E-state index is 0.0831. The molecule has 0 atom stereocenters. The summed E-state index contributed by atoms with van der Waals surface area (Å²) in [6.45, 7) is 0. The number of H-pyrrole nitrogens is 1. The zero-order valence-electron chi connectivity index (χ0n) is 12.3. The Morgan fingerprint density at radius 1 is 1.17 bits per heavy atom. The standard InChI is InChI=1S/C15H11F3N4O2/c1-24-9-3-4-10(12(23)6-9)13-20-14(22-21-13)11-5-2-8(7-19-11)15(16,17)18/h2-7,23H,1H3,(H,20,21,22). The molecule has 2 heterocycles. The van der Waals surface area contributed by atoms with Crippen LogP contribution in [0.4, 0.5) is 13.2 Å². The van der Waals surface area contributed by atoms with Gasteiger partial charge in [-0.1, -0.05) is 0 Å². The predicted octanol–water partition coefficient (Wildman–Crippen LogP) is 3.27. The fraction of sp³-hybridized carbons (Fsp3) is 0.133. The molecule has 2 N–H and O–H groups in total. The molecule has 0 aliphatic heterocycles. The number of hydrogen-bond acceptors (Lipinski definition) is 5. The van der Waals surface area contributed by atoms with Gasteiger partial charge in [-0.2, -0.15) is 18.3 Å². The average molecular weight is 336 g/mol. The van der Waals surface area contributed by atoms with Gasteiger partial charge in [0.2, 0.25) is 0 Å². The molecule has 3 rings (SSSR count). The maximum Gasteiger partial charge on any atom is 0.417 e. The van der Waals surface area contributed by atoms with Crippen LogP contribution in [0, 0.1) is 0 Å². The van der Waals surface area contributed by atoms with Crippen molar-refractivity contribution in [1.29, 1.82) is 0 Å². The molecule has 0 amide bonds. The quantitative estimate of drug-likeness (QED) is 0.767.